The Kier molecular flexibility index (Phi) is 67.8. The van der Waals surface area contributed by atoms with Crippen LogP contribution >= 0.6 is 7.82 Å². The smallest absolute Gasteiger partial charge is 0.306 e. The molecule has 0 spiro atoms. The number of rotatable bonds is 71. The van der Waals surface area contributed by atoms with Crippen LogP contribution in [0.15, 0.2) is 85.1 Å². The third kappa shape index (κ3) is 71.3. The first-order valence-electron chi connectivity index (χ1n) is 38.9. The molecule has 0 aliphatic rings. The maximum atomic E-state index is 13.6. The van der Waals surface area contributed by atoms with E-state index in [1.165, 1.54) is 231 Å². The van der Waals surface area contributed by atoms with Crippen LogP contribution in [0.5, 0.6) is 0 Å². The Morgan fingerprint density at radius 3 is 1.07 bits per heavy atom. The topological polar surface area (TPSA) is 114 Å². The molecule has 530 valence electrons. The van der Waals surface area contributed by atoms with E-state index in [2.05, 4.69) is 99.0 Å². The average molecular weight is 1290 g/mol. The standard InChI is InChI=1S/C81H149N2O7P/c1-7-10-13-16-19-22-25-27-29-31-33-35-37-39-41-43-45-47-49-51-53-55-58-61-64-67-70-73-80(84)82-78(77-89-91(86,87)88-76-75-83(4,5)6)79(72-69-66-63-60-57-24-21-18-15-12-9-3)90-81(85)74-71-68-65-62-59-56-54-52-50-48-46-44-42-40-38-36-34-32-30-28-26-23-20-17-14-11-8-2/h10,13,19,22,27-30,33,35,39,41,69,72,78-79H,7-9,11-12,14-18,20-21,23-26,31-32,34,36-38,40,42-68,70-71,73-77H2,1-6H3,(H-,82,84,86,87)/b13-10-,22-19-,29-27-,30-28+,35-33-,41-39-,72-69+. The van der Waals surface area contributed by atoms with Crippen molar-refractivity contribution in [3.8, 4) is 0 Å². The number of carbonyl (C=O) groups excluding carboxylic acids is 2. The van der Waals surface area contributed by atoms with Gasteiger partial charge in [-0.15, -0.1) is 0 Å². The van der Waals surface area contributed by atoms with Crippen LogP contribution in [-0.4, -0.2) is 69.4 Å². The molecule has 1 N–H and O–H groups in total. The van der Waals surface area contributed by atoms with Gasteiger partial charge in [0.1, 0.15) is 19.3 Å². The second-order valence-electron chi connectivity index (χ2n) is 27.5. The molecule has 0 rings (SSSR count). The van der Waals surface area contributed by atoms with Crippen molar-refractivity contribution in [2.75, 3.05) is 40.9 Å². The fourth-order valence-electron chi connectivity index (χ4n) is 11.4. The number of phosphoric ester groups is 1. The molecule has 9 nitrogen and oxygen atoms in total. The number of nitrogens with zero attached hydrogens (tertiary/aromatic N) is 1. The summed E-state index contributed by atoms with van der Waals surface area (Å²) in [5.41, 5.74) is 0. The fourth-order valence-corrected chi connectivity index (χ4v) is 12.1. The Labute approximate surface area is 565 Å². The van der Waals surface area contributed by atoms with Crippen molar-refractivity contribution in [1.82, 2.24) is 5.32 Å². The second kappa shape index (κ2) is 70.0. The highest BCUT2D eigenvalue weighted by molar-refractivity contribution is 7.45. The summed E-state index contributed by atoms with van der Waals surface area (Å²) in [6.07, 6.45) is 94.4. The Morgan fingerprint density at radius 1 is 0.396 bits per heavy atom. The minimum absolute atomic E-state index is 0.0240. The first kappa shape index (κ1) is 88.2. The number of ether oxygens (including phenoxy) is 1. The molecular weight excluding hydrogens is 1140 g/mol. The van der Waals surface area contributed by atoms with Crippen molar-refractivity contribution in [2.24, 2.45) is 0 Å². The maximum absolute atomic E-state index is 13.6. The van der Waals surface area contributed by atoms with Crippen LogP contribution in [0.1, 0.15) is 367 Å². The number of amides is 1. The van der Waals surface area contributed by atoms with Gasteiger partial charge in [0.05, 0.1) is 33.8 Å². The van der Waals surface area contributed by atoms with E-state index < -0.39 is 20.0 Å². The van der Waals surface area contributed by atoms with Gasteiger partial charge in [0, 0.05) is 12.8 Å². The highest BCUT2D eigenvalue weighted by Gasteiger charge is 2.27. The lowest BCUT2D eigenvalue weighted by molar-refractivity contribution is -0.870. The lowest BCUT2D eigenvalue weighted by atomic mass is 10.0. The summed E-state index contributed by atoms with van der Waals surface area (Å²) in [7, 11) is 1.19. The van der Waals surface area contributed by atoms with E-state index in [-0.39, 0.29) is 31.5 Å². The first-order valence-corrected chi connectivity index (χ1v) is 40.4. The first-order chi connectivity index (χ1) is 44.4. The molecule has 0 radical (unpaired) electrons. The molecule has 0 aliphatic carbocycles. The zero-order chi connectivity index (χ0) is 66.3. The summed E-state index contributed by atoms with van der Waals surface area (Å²) in [4.78, 5) is 40.3. The molecule has 0 heterocycles. The zero-order valence-electron chi connectivity index (χ0n) is 60.8. The Balaban J connectivity index is 4.89. The van der Waals surface area contributed by atoms with Crippen molar-refractivity contribution in [2.45, 2.75) is 380 Å². The zero-order valence-corrected chi connectivity index (χ0v) is 61.7. The number of likely N-dealkylation sites (N-methyl/N-ethyl adjacent to an activating group) is 1. The molecular formula is C81H149N2O7P. The van der Waals surface area contributed by atoms with E-state index in [1.54, 1.807) is 0 Å². The van der Waals surface area contributed by atoms with Crippen LogP contribution in [0, 0.1) is 0 Å². The molecule has 10 heteroatoms. The molecule has 0 aromatic rings. The SMILES string of the molecule is CC/C=C\C/C=C\C/C=C\C/C=C\C/C=C\CCCCCCCCCCCCCC(=O)NC(COP(=O)([O-])OCC[N+](C)(C)C)C(/C=C/CCCCCCCCCCC)OC(=O)CCCCCCCCCCCCCCCCCCC/C=C/CCCCCCCC. The largest absolute Gasteiger partial charge is 0.756 e. The molecule has 0 aromatic heterocycles. The van der Waals surface area contributed by atoms with Crippen molar-refractivity contribution in [3.05, 3.63) is 85.1 Å². The van der Waals surface area contributed by atoms with Crippen LogP contribution in [0.25, 0.3) is 0 Å². The summed E-state index contributed by atoms with van der Waals surface area (Å²) < 4.78 is 30.5. The van der Waals surface area contributed by atoms with Crippen LogP contribution in [-0.2, 0) is 27.9 Å². The summed E-state index contributed by atoms with van der Waals surface area (Å²) >= 11 is 0. The second-order valence-corrected chi connectivity index (χ2v) is 28.9. The van der Waals surface area contributed by atoms with Crippen LogP contribution < -0.4 is 10.2 Å². The Hall–Kier alpha value is -2.81. The minimum Gasteiger partial charge on any atom is -0.756 e. The number of unbranched alkanes of at least 4 members (excludes halogenated alkanes) is 43. The molecule has 0 fully saturated rings. The van der Waals surface area contributed by atoms with Gasteiger partial charge in [0.15, 0.2) is 0 Å². The summed E-state index contributed by atoms with van der Waals surface area (Å²) in [6, 6.07) is -0.893. The van der Waals surface area contributed by atoms with Gasteiger partial charge in [0.2, 0.25) is 5.91 Å². The van der Waals surface area contributed by atoms with Gasteiger partial charge in [-0.1, -0.05) is 337 Å². The van der Waals surface area contributed by atoms with Gasteiger partial charge in [-0.05, 0) is 102 Å². The Bertz CT molecular complexity index is 1830. The molecule has 1 amide bonds. The number of carbonyl (C=O) groups is 2. The van der Waals surface area contributed by atoms with Crippen LogP contribution in [0.2, 0.25) is 0 Å². The molecule has 0 saturated carbocycles. The summed E-state index contributed by atoms with van der Waals surface area (Å²) in [5, 5.41) is 3.05. The molecule has 0 aromatic carbocycles. The molecule has 0 saturated heterocycles. The summed E-state index contributed by atoms with van der Waals surface area (Å²) in [6.45, 7) is 6.76. The minimum atomic E-state index is -4.71. The number of phosphoric acid groups is 1. The molecule has 91 heavy (non-hydrogen) atoms. The highest BCUT2D eigenvalue weighted by Crippen LogP contribution is 2.38. The van der Waals surface area contributed by atoms with Crippen LogP contribution in [0.3, 0.4) is 0 Å². The quantitative estimate of drug-likeness (QED) is 0.0212. The molecule has 0 aliphatic heterocycles. The van der Waals surface area contributed by atoms with E-state index in [0.29, 0.717) is 17.4 Å². The van der Waals surface area contributed by atoms with Gasteiger partial charge in [-0.3, -0.25) is 14.2 Å². The molecule has 3 atom stereocenters. The summed E-state index contributed by atoms with van der Waals surface area (Å²) in [5.74, 6) is -0.532. The lowest BCUT2D eigenvalue weighted by Gasteiger charge is -2.30. The van der Waals surface area contributed by atoms with E-state index in [0.717, 1.165) is 103 Å². The Morgan fingerprint density at radius 2 is 0.703 bits per heavy atom. The van der Waals surface area contributed by atoms with Gasteiger partial charge >= 0.3 is 5.97 Å². The normalized spacial score (nSPS) is 13.9. The maximum Gasteiger partial charge on any atom is 0.306 e. The van der Waals surface area contributed by atoms with Gasteiger partial charge < -0.3 is 28.5 Å². The third-order valence-electron chi connectivity index (χ3n) is 17.3. The molecule has 0 bridgehead atoms. The van der Waals surface area contributed by atoms with Crippen molar-refractivity contribution < 1.29 is 37.3 Å². The number of hydrogen-bond acceptors (Lipinski definition) is 7. The van der Waals surface area contributed by atoms with E-state index >= 15 is 0 Å². The van der Waals surface area contributed by atoms with Gasteiger partial charge in [-0.25, -0.2) is 0 Å². The van der Waals surface area contributed by atoms with E-state index in [4.69, 9.17) is 13.8 Å². The van der Waals surface area contributed by atoms with E-state index in [1.807, 2.05) is 33.3 Å². The fraction of sp³-hybridized carbons (Fsp3) is 0.802. The number of quaternary nitrogens is 1. The number of hydrogen-bond donors (Lipinski definition) is 1. The molecule has 3 unspecified atom stereocenters. The van der Waals surface area contributed by atoms with Crippen molar-refractivity contribution >= 4 is 19.7 Å². The average Bonchev–Trinajstić information content (AvgIpc) is 3.08. The van der Waals surface area contributed by atoms with Gasteiger partial charge in [0.25, 0.3) is 7.82 Å². The highest BCUT2D eigenvalue weighted by atomic mass is 31.2. The number of allylic oxidation sites excluding steroid dienone is 13. The van der Waals surface area contributed by atoms with Crippen LogP contribution in [0.4, 0.5) is 0 Å². The predicted octanol–water partition coefficient (Wildman–Crippen LogP) is 24.6. The van der Waals surface area contributed by atoms with Crippen molar-refractivity contribution in [3.63, 3.8) is 0 Å². The third-order valence-corrected chi connectivity index (χ3v) is 18.3. The predicted molar refractivity (Wildman–Crippen MR) is 395 cm³/mol. The lowest BCUT2D eigenvalue weighted by Crippen LogP contribution is -2.47. The monoisotopic (exact) mass is 1290 g/mol. The van der Waals surface area contributed by atoms with Crippen molar-refractivity contribution in [1.29, 1.82) is 0 Å². The van der Waals surface area contributed by atoms with Gasteiger partial charge in [-0.2, -0.15) is 0 Å². The van der Waals surface area contributed by atoms with E-state index in [9.17, 15) is 19.0 Å². The number of esters is 1. The number of nitrogens with one attached hydrogen (secondary N) is 1.